The molecule has 1 N–H and O–H groups in total. The lowest BCUT2D eigenvalue weighted by molar-refractivity contribution is 0.0362. The Hall–Kier alpha value is -1.34. The molecule has 0 bridgehead atoms. The number of ether oxygens (including phenoxy) is 2. The van der Waals surface area contributed by atoms with E-state index in [9.17, 15) is 0 Å². The molecule has 0 atom stereocenters. The van der Waals surface area contributed by atoms with E-state index in [0.717, 1.165) is 63.5 Å². The van der Waals surface area contributed by atoms with E-state index in [0.29, 0.717) is 12.3 Å². The van der Waals surface area contributed by atoms with Crippen LogP contribution in [0.3, 0.4) is 0 Å². The van der Waals surface area contributed by atoms with Crippen molar-refractivity contribution in [2.75, 3.05) is 39.5 Å². The summed E-state index contributed by atoms with van der Waals surface area (Å²) in [5, 5.41) is 8.71. The quantitative estimate of drug-likeness (QED) is 0.471. The number of hydrogen-bond donors (Lipinski definition) is 1. The minimum Gasteiger partial charge on any atom is -0.379 e. The number of aromatic nitrogens is 2. The first-order valence-corrected chi connectivity index (χ1v) is 11.4. The van der Waals surface area contributed by atoms with E-state index in [1.165, 1.54) is 38.5 Å². The molecule has 0 saturated carbocycles. The third-order valence-electron chi connectivity index (χ3n) is 5.83. The van der Waals surface area contributed by atoms with E-state index < -0.39 is 0 Å². The van der Waals surface area contributed by atoms with E-state index >= 15 is 0 Å². The molecule has 1 aliphatic rings. The van der Waals surface area contributed by atoms with Gasteiger partial charge in [-0.3, -0.25) is 14.9 Å². The number of benzene rings is 1. The van der Waals surface area contributed by atoms with E-state index in [2.05, 4.69) is 34.6 Å². The maximum absolute atomic E-state index is 8.71. The predicted molar refractivity (Wildman–Crippen MR) is 124 cm³/mol. The van der Waals surface area contributed by atoms with Crippen LogP contribution < -0.4 is 5.62 Å². The predicted octanol–water partition coefficient (Wildman–Crippen LogP) is 4.40. The number of imidazole rings is 1. The fraction of sp³-hybridized carbons (Fsp3) is 0.696. The lowest BCUT2D eigenvalue weighted by Crippen LogP contribution is -2.39. The average Bonchev–Trinajstić information content (AvgIpc) is 3.03. The summed E-state index contributed by atoms with van der Waals surface area (Å²) in [6.07, 6.45) is 9.01. The molecule has 170 valence electrons. The van der Waals surface area contributed by atoms with Gasteiger partial charge in [0.05, 0.1) is 24.2 Å². The van der Waals surface area contributed by atoms with Gasteiger partial charge in [0.25, 0.3) is 0 Å². The van der Waals surface area contributed by atoms with Crippen molar-refractivity contribution in [3.8, 4) is 0 Å². The number of nitrogens with zero attached hydrogens (tertiary/aromatic N) is 3. The molecule has 30 heavy (non-hydrogen) atoms. The van der Waals surface area contributed by atoms with Crippen molar-refractivity contribution in [3.63, 3.8) is 0 Å². The van der Waals surface area contributed by atoms with Crippen LogP contribution in [-0.4, -0.2) is 53.5 Å². The van der Waals surface area contributed by atoms with Gasteiger partial charge in [-0.25, -0.2) is 0 Å². The number of morpholine rings is 1. The highest BCUT2D eigenvalue weighted by Crippen LogP contribution is 2.13. The minimum atomic E-state index is 0. The van der Waals surface area contributed by atoms with Crippen molar-refractivity contribution >= 4 is 23.4 Å². The molecule has 1 aromatic heterocycles. The van der Waals surface area contributed by atoms with Crippen LogP contribution in [-0.2, 0) is 22.7 Å². The van der Waals surface area contributed by atoms with Crippen LogP contribution in [0.1, 0.15) is 51.9 Å². The Bertz CT molecular complexity index is 783. The Morgan fingerprint density at radius 1 is 0.900 bits per heavy atom. The molecule has 2 aromatic rings. The summed E-state index contributed by atoms with van der Waals surface area (Å²) >= 11 is 0. The average molecular weight is 439 g/mol. The van der Waals surface area contributed by atoms with Crippen LogP contribution in [0.4, 0.5) is 0 Å². The van der Waals surface area contributed by atoms with Crippen LogP contribution in [0.5, 0.6) is 0 Å². The maximum Gasteiger partial charge on any atom is 0.204 e. The summed E-state index contributed by atoms with van der Waals surface area (Å²) in [6.45, 7) is 8.84. The molecule has 1 aromatic carbocycles. The van der Waals surface area contributed by atoms with Gasteiger partial charge in [0.1, 0.15) is 6.73 Å². The van der Waals surface area contributed by atoms with Crippen molar-refractivity contribution in [1.82, 2.24) is 14.0 Å². The summed E-state index contributed by atoms with van der Waals surface area (Å²) in [7, 11) is 0. The highest BCUT2D eigenvalue weighted by Gasteiger charge is 2.14. The smallest absolute Gasteiger partial charge is 0.204 e. The van der Waals surface area contributed by atoms with Crippen molar-refractivity contribution in [2.24, 2.45) is 0 Å². The number of unbranched alkanes of at least 4 members (excludes halogenated alkanes) is 6. The monoisotopic (exact) mass is 438 g/mol. The third-order valence-corrected chi connectivity index (χ3v) is 5.83. The van der Waals surface area contributed by atoms with Gasteiger partial charge in [0.15, 0.2) is 0 Å². The molecule has 0 amide bonds. The van der Waals surface area contributed by atoms with Crippen molar-refractivity contribution in [1.29, 1.82) is 5.41 Å². The lowest BCUT2D eigenvalue weighted by Gasteiger charge is -2.26. The molecule has 1 saturated heterocycles. The number of fused-ring (bicyclic) bond motifs is 1. The summed E-state index contributed by atoms with van der Waals surface area (Å²) < 4.78 is 15.5. The molecular formula is C23H39ClN4O2. The molecule has 0 aliphatic carbocycles. The summed E-state index contributed by atoms with van der Waals surface area (Å²) in [5.74, 6) is 0. The molecule has 7 heteroatoms. The zero-order valence-electron chi connectivity index (χ0n) is 18.5. The Morgan fingerprint density at radius 3 is 2.23 bits per heavy atom. The first kappa shape index (κ1) is 24.9. The maximum atomic E-state index is 8.71. The van der Waals surface area contributed by atoms with Crippen molar-refractivity contribution in [3.05, 3.63) is 29.9 Å². The third kappa shape index (κ3) is 7.12. The number of para-hydroxylation sites is 2. The summed E-state index contributed by atoms with van der Waals surface area (Å²) in [4.78, 5) is 2.42. The Kier molecular flexibility index (Phi) is 11.5. The highest BCUT2D eigenvalue weighted by molar-refractivity contribution is 5.85. The first-order chi connectivity index (χ1) is 14.3. The molecule has 0 unspecified atom stereocenters. The SMILES string of the molecule is CCCCCCCCCOCn1c(=N)n(CCN2CCOCC2)c2ccccc21.Cl. The zero-order valence-corrected chi connectivity index (χ0v) is 19.3. The van der Waals surface area contributed by atoms with Gasteiger partial charge in [-0.05, 0) is 18.6 Å². The number of nitrogens with one attached hydrogen (secondary N) is 1. The second kappa shape index (κ2) is 13.9. The van der Waals surface area contributed by atoms with Crippen LogP contribution in [0.2, 0.25) is 0 Å². The van der Waals surface area contributed by atoms with Gasteiger partial charge in [-0.2, -0.15) is 0 Å². The van der Waals surface area contributed by atoms with E-state index in [4.69, 9.17) is 14.9 Å². The molecule has 6 nitrogen and oxygen atoms in total. The normalized spacial score (nSPS) is 14.8. The van der Waals surface area contributed by atoms with Gasteiger partial charge in [0, 0.05) is 32.8 Å². The fourth-order valence-electron chi connectivity index (χ4n) is 4.03. The summed E-state index contributed by atoms with van der Waals surface area (Å²) in [5.41, 5.74) is 2.73. The Labute approximate surface area is 187 Å². The van der Waals surface area contributed by atoms with Crippen molar-refractivity contribution < 1.29 is 9.47 Å². The van der Waals surface area contributed by atoms with Crippen LogP contribution in [0, 0.1) is 5.41 Å². The highest BCUT2D eigenvalue weighted by atomic mass is 35.5. The van der Waals surface area contributed by atoms with Crippen LogP contribution >= 0.6 is 12.4 Å². The minimum absolute atomic E-state index is 0. The zero-order chi connectivity index (χ0) is 20.3. The summed E-state index contributed by atoms with van der Waals surface area (Å²) in [6, 6.07) is 8.30. The van der Waals surface area contributed by atoms with E-state index in [-0.39, 0.29) is 12.4 Å². The Balaban J connectivity index is 0.00000320. The fourth-order valence-corrected chi connectivity index (χ4v) is 4.03. The van der Waals surface area contributed by atoms with Gasteiger partial charge in [-0.15, -0.1) is 12.4 Å². The number of rotatable bonds is 13. The molecule has 1 aliphatic heterocycles. The topological polar surface area (TPSA) is 55.4 Å². The molecule has 3 rings (SSSR count). The van der Waals surface area contributed by atoms with Crippen LogP contribution in [0.15, 0.2) is 24.3 Å². The number of halogens is 1. The second-order valence-electron chi connectivity index (χ2n) is 8.00. The second-order valence-corrected chi connectivity index (χ2v) is 8.00. The van der Waals surface area contributed by atoms with Gasteiger partial charge in [-0.1, -0.05) is 57.6 Å². The van der Waals surface area contributed by atoms with Crippen molar-refractivity contribution in [2.45, 2.75) is 65.1 Å². The van der Waals surface area contributed by atoms with Crippen LogP contribution in [0.25, 0.3) is 11.0 Å². The lowest BCUT2D eigenvalue weighted by atomic mass is 10.1. The van der Waals surface area contributed by atoms with E-state index in [1.807, 2.05) is 10.6 Å². The largest absolute Gasteiger partial charge is 0.379 e. The van der Waals surface area contributed by atoms with Gasteiger partial charge >= 0.3 is 0 Å². The molecule has 1 fully saturated rings. The molecule has 0 spiro atoms. The standard InChI is InChI=1S/C23H38N4O2.ClH/c1-2-3-4-5-6-7-10-17-29-20-27-22-12-9-8-11-21(22)26(23(27)24)14-13-25-15-18-28-19-16-25;/h8-9,11-12,24H,2-7,10,13-20H2,1H3;1H. The Morgan fingerprint density at radius 2 is 1.53 bits per heavy atom. The number of hydrogen-bond acceptors (Lipinski definition) is 4. The van der Waals surface area contributed by atoms with E-state index in [1.54, 1.807) is 0 Å². The van der Waals surface area contributed by atoms with Gasteiger partial charge < -0.3 is 14.0 Å². The molecular weight excluding hydrogens is 400 g/mol. The molecule has 2 heterocycles. The molecule has 0 radical (unpaired) electrons. The first-order valence-electron chi connectivity index (χ1n) is 11.4. The van der Waals surface area contributed by atoms with Gasteiger partial charge in [0.2, 0.25) is 5.62 Å².